The van der Waals surface area contributed by atoms with Crippen molar-refractivity contribution in [3.05, 3.63) is 23.5 Å². The predicted molar refractivity (Wildman–Crippen MR) is 55.0 cm³/mol. The van der Waals surface area contributed by atoms with Crippen LogP contribution in [-0.2, 0) is 10.4 Å². The minimum atomic E-state index is -4.74. The minimum Gasteiger partial charge on any atom is -0.716 e. The largest absolute Gasteiger partial charge is 1.00 e. The van der Waals surface area contributed by atoms with E-state index in [4.69, 9.17) is 11.6 Å². The van der Waals surface area contributed by atoms with Crippen molar-refractivity contribution in [2.24, 2.45) is 0 Å². The first-order valence-electron chi connectivity index (χ1n) is 3.65. The molecule has 16 heavy (non-hydrogen) atoms. The SMILES string of the molecule is O=S(=O)([O-])Oc1cc2c(Cl)nccc2s1.[Li+]. The van der Waals surface area contributed by atoms with Gasteiger partial charge in [0.25, 0.3) is 10.4 Å². The fraction of sp³-hybridized carbons (Fsp3) is 0. The third-order valence-electron chi connectivity index (χ3n) is 1.56. The Morgan fingerprint density at radius 3 is 2.75 bits per heavy atom. The number of halogens is 1. The van der Waals surface area contributed by atoms with Gasteiger partial charge in [-0.1, -0.05) is 22.9 Å². The van der Waals surface area contributed by atoms with Crippen LogP contribution in [0.4, 0.5) is 0 Å². The Hall–Kier alpha value is -0.293. The van der Waals surface area contributed by atoms with Gasteiger partial charge in [0.1, 0.15) is 5.15 Å². The fourth-order valence-electron chi connectivity index (χ4n) is 1.05. The summed E-state index contributed by atoms with van der Waals surface area (Å²) in [6, 6.07) is 3.01. The second-order valence-electron chi connectivity index (χ2n) is 2.57. The van der Waals surface area contributed by atoms with E-state index in [1.807, 2.05) is 0 Å². The van der Waals surface area contributed by atoms with E-state index in [1.165, 1.54) is 12.3 Å². The van der Waals surface area contributed by atoms with E-state index in [1.54, 1.807) is 6.07 Å². The van der Waals surface area contributed by atoms with Gasteiger partial charge >= 0.3 is 18.9 Å². The van der Waals surface area contributed by atoms with E-state index in [9.17, 15) is 13.0 Å². The summed E-state index contributed by atoms with van der Waals surface area (Å²) in [6.45, 7) is 0. The summed E-state index contributed by atoms with van der Waals surface area (Å²) in [5.41, 5.74) is 0. The quantitative estimate of drug-likeness (QED) is 0.296. The van der Waals surface area contributed by atoms with Crippen LogP contribution in [0.5, 0.6) is 5.06 Å². The van der Waals surface area contributed by atoms with Gasteiger partial charge in [0.05, 0.1) is 0 Å². The fourth-order valence-corrected chi connectivity index (χ4v) is 2.74. The average molecular weight is 272 g/mol. The van der Waals surface area contributed by atoms with Crippen molar-refractivity contribution >= 4 is 43.4 Å². The topological polar surface area (TPSA) is 79.3 Å². The maximum Gasteiger partial charge on any atom is 1.00 e. The van der Waals surface area contributed by atoms with Crippen LogP contribution >= 0.6 is 22.9 Å². The molecule has 5 nitrogen and oxygen atoms in total. The number of hydrogen-bond donors (Lipinski definition) is 0. The monoisotopic (exact) mass is 271 g/mol. The van der Waals surface area contributed by atoms with Crippen molar-refractivity contribution in [2.45, 2.75) is 0 Å². The molecule has 0 aliphatic carbocycles. The Morgan fingerprint density at radius 2 is 2.19 bits per heavy atom. The number of rotatable bonds is 2. The van der Waals surface area contributed by atoms with Crippen LogP contribution < -0.4 is 23.0 Å². The molecule has 2 heterocycles. The van der Waals surface area contributed by atoms with E-state index < -0.39 is 10.4 Å². The normalized spacial score (nSPS) is 11.1. The molecule has 0 unspecified atom stereocenters. The van der Waals surface area contributed by atoms with Crippen molar-refractivity contribution in [1.82, 2.24) is 4.98 Å². The Kier molecular flexibility index (Phi) is 4.23. The minimum absolute atomic E-state index is 0. The van der Waals surface area contributed by atoms with Crippen LogP contribution in [-0.4, -0.2) is 18.0 Å². The molecule has 9 heteroatoms. The predicted octanol–water partition coefficient (Wildman–Crippen LogP) is -1.21. The molecular weight excluding hydrogens is 269 g/mol. The molecule has 0 aliphatic rings. The molecule has 0 fully saturated rings. The van der Waals surface area contributed by atoms with Crippen LogP contribution in [0.1, 0.15) is 0 Å². The van der Waals surface area contributed by atoms with Gasteiger partial charge in [-0.05, 0) is 6.07 Å². The number of pyridine rings is 1. The first-order chi connectivity index (χ1) is 6.96. The van der Waals surface area contributed by atoms with E-state index in [-0.39, 0.29) is 29.1 Å². The maximum absolute atomic E-state index is 10.3. The molecule has 0 atom stereocenters. The third kappa shape index (κ3) is 3.10. The number of hydrogen-bond acceptors (Lipinski definition) is 6. The standard InChI is InChI=1S/C7H4ClNO4S2.Li/c8-7-4-3-6(13-15(10,11)12)14-5(4)1-2-9-7;/h1-3H,(H,10,11,12);/q;+1/p-1. The summed E-state index contributed by atoms with van der Waals surface area (Å²) >= 11 is 6.77. The van der Waals surface area contributed by atoms with E-state index in [2.05, 4.69) is 9.17 Å². The van der Waals surface area contributed by atoms with E-state index >= 15 is 0 Å². The van der Waals surface area contributed by atoms with Crippen LogP contribution in [0.3, 0.4) is 0 Å². The van der Waals surface area contributed by atoms with Crippen molar-refractivity contribution in [1.29, 1.82) is 0 Å². The van der Waals surface area contributed by atoms with Gasteiger partial charge in [-0.2, -0.15) is 0 Å². The van der Waals surface area contributed by atoms with Crippen molar-refractivity contribution in [3.8, 4) is 5.06 Å². The summed E-state index contributed by atoms with van der Waals surface area (Å²) in [5, 5.41) is 0.777. The molecule has 0 spiro atoms. The summed E-state index contributed by atoms with van der Waals surface area (Å²) < 4.78 is 35.9. The van der Waals surface area contributed by atoms with Gasteiger partial charge in [0, 0.05) is 22.3 Å². The van der Waals surface area contributed by atoms with Crippen LogP contribution in [0, 0.1) is 0 Å². The molecule has 0 aliphatic heterocycles. The summed E-state index contributed by atoms with van der Waals surface area (Å²) in [4.78, 5) is 3.81. The zero-order chi connectivity index (χ0) is 11.1. The average Bonchev–Trinajstić information content (AvgIpc) is 2.45. The van der Waals surface area contributed by atoms with Gasteiger partial charge in [-0.25, -0.2) is 13.4 Å². The molecule has 0 N–H and O–H groups in total. The molecule has 2 aromatic rings. The number of nitrogens with zero attached hydrogens (tertiary/aromatic N) is 1. The second-order valence-corrected chi connectivity index (χ2v) is 4.96. The third-order valence-corrected chi connectivity index (χ3v) is 3.33. The van der Waals surface area contributed by atoms with Crippen LogP contribution in [0.2, 0.25) is 5.15 Å². The van der Waals surface area contributed by atoms with E-state index in [0.717, 1.165) is 11.3 Å². The molecule has 0 aromatic carbocycles. The van der Waals surface area contributed by atoms with Crippen LogP contribution in [0.25, 0.3) is 10.1 Å². The zero-order valence-electron chi connectivity index (χ0n) is 8.01. The summed E-state index contributed by atoms with van der Waals surface area (Å²) in [5.74, 6) is 0. The first kappa shape index (κ1) is 13.8. The molecule has 2 rings (SSSR count). The van der Waals surface area contributed by atoms with Gasteiger partial charge < -0.3 is 8.74 Å². The van der Waals surface area contributed by atoms with E-state index in [0.29, 0.717) is 10.1 Å². The maximum atomic E-state index is 10.3. The molecular formula is C7H3ClLiNO4S2. The molecule has 0 saturated carbocycles. The molecule has 0 bridgehead atoms. The second kappa shape index (κ2) is 4.92. The molecule has 0 amide bonds. The van der Waals surface area contributed by atoms with Gasteiger partial charge in [-0.15, -0.1) is 0 Å². The van der Waals surface area contributed by atoms with Crippen molar-refractivity contribution in [3.63, 3.8) is 0 Å². The summed E-state index contributed by atoms with van der Waals surface area (Å²) in [6.07, 6.45) is 1.48. The van der Waals surface area contributed by atoms with Gasteiger partial charge in [-0.3, -0.25) is 0 Å². The molecule has 2 aromatic heterocycles. The Morgan fingerprint density at radius 1 is 1.50 bits per heavy atom. The van der Waals surface area contributed by atoms with Gasteiger partial charge in [0.2, 0.25) is 0 Å². The zero-order valence-corrected chi connectivity index (χ0v) is 10.4. The van der Waals surface area contributed by atoms with Gasteiger partial charge in [0.15, 0.2) is 5.06 Å². The smallest absolute Gasteiger partial charge is 0.716 e. The number of thiophene rings is 1. The molecule has 0 saturated heterocycles. The number of aromatic nitrogens is 1. The van der Waals surface area contributed by atoms with Crippen molar-refractivity contribution in [2.75, 3.05) is 0 Å². The first-order valence-corrected chi connectivity index (χ1v) is 6.18. The molecule has 0 radical (unpaired) electrons. The molecule has 80 valence electrons. The van der Waals surface area contributed by atoms with Crippen molar-refractivity contribution < 1.29 is 36.0 Å². The Balaban J connectivity index is 0.00000128. The Labute approximate surface area is 113 Å². The number of fused-ring (bicyclic) bond motifs is 1. The summed E-state index contributed by atoms with van der Waals surface area (Å²) in [7, 11) is -4.74. The Bertz CT molecular complexity index is 612. The van der Waals surface area contributed by atoms with Crippen LogP contribution in [0.15, 0.2) is 18.3 Å².